The molecule has 1 saturated heterocycles. The molecule has 2 heterocycles. The number of nitrogens with zero attached hydrogens (tertiary/aromatic N) is 2. The Bertz CT molecular complexity index is 1090. The lowest BCUT2D eigenvalue weighted by Gasteiger charge is -2.15. The van der Waals surface area contributed by atoms with E-state index in [1.165, 1.54) is 6.92 Å². The number of nitrogens with one attached hydrogen (secondary N) is 3. The summed E-state index contributed by atoms with van der Waals surface area (Å²) in [6, 6.07) is 11.9. The van der Waals surface area contributed by atoms with Crippen molar-refractivity contribution in [1.82, 2.24) is 20.2 Å². The quantitative estimate of drug-likeness (QED) is 0.633. The predicted octanol–water partition coefficient (Wildman–Crippen LogP) is 2.17. The number of aromatic nitrogens is 2. The summed E-state index contributed by atoms with van der Waals surface area (Å²) in [5.74, 6) is -0.484. The number of rotatable bonds is 4. The van der Waals surface area contributed by atoms with E-state index in [0.717, 1.165) is 17.5 Å². The molecule has 8 nitrogen and oxygen atoms in total. The third-order valence-electron chi connectivity index (χ3n) is 5.03. The molecule has 1 aliphatic heterocycles. The molecule has 3 N–H and O–H groups in total. The smallest absolute Gasteiger partial charge is 0.255 e. The minimum Gasteiger partial charge on any atom is -0.347 e. The first-order chi connectivity index (χ1) is 14.0. The average Bonchev–Trinajstić information content (AvgIpc) is 3.36. The van der Waals surface area contributed by atoms with E-state index in [-0.39, 0.29) is 23.8 Å². The topological polar surface area (TPSA) is 107 Å². The standard InChI is InChI=1S/C21H21N5O3/c1-13(27)26-8-7-17(11-26)25-20(28)14-3-2-4-16(9-14)24-21(29)15-5-6-18-19(10-15)23-12-22-18/h2-6,9-10,12,17H,7-8,11H2,1H3,(H,22,23)(H,24,29)(H,25,28). The number of amides is 3. The number of aromatic amines is 1. The molecular formula is C21H21N5O3. The Hall–Kier alpha value is -3.68. The molecule has 0 spiro atoms. The zero-order valence-electron chi connectivity index (χ0n) is 15.9. The number of hydrogen-bond acceptors (Lipinski definition) is 4. The van der Waals surface area contributed by atoms with Crippen molar-refractivity contribution >= 4 is 34.4 Å². The Balaban J connectivity index is 1.42. The lowest BCUT2D eigenvalue weighted by molar-refractivity contribution is -0.127. The molecule has 8 heteroatoms. The van der Waals surface area contributed by atoms with Crippen LogP contribution < -0.4 is 10.6 Å². The Morgan fingerprint density at radius 1 is 1.10 bits per heavy atom. The summed E-state index contributed by atoms with van der Waals surface area (Å²) in [4.78, 5) is 45.4. The second-order valence-electron chi connectivity index (χ2n) is 7.09. The monoisotopic (exact) mass is 391 g/mol. The van der Waals surface area contributed by atoms with Gasteiger partial charge in [-0.15, -0.1) is 0 Å². The maximum absolute atomic E-state index is 12.6. The van der Waals surface area contributed by atoms with Gasteiger partial charge < -0.3 is 20.5 Å². The van der Waals surface area contributed by atoms with E-state index in [1.807, 2.05) is 0 Å². The van der Waals surface area contributed by atoms with E-state index >= 15 is 0 Å². The van der Waals surface area contributed by atoms with Crippen LogP contribution in [0.3, 0.4) is 0 Å². The van der Waals surface area contributed by atoms with Crippen LogP contribution in [0.1, 0.15) is 34.1 Å². The van der Waals surface area contributed by atoms with Crippen LogP contribution in [0.25, 0.3) is 11.0 Å². The normalized spacial score (nSPS) is 16.0. The molecule has 3 amide bonds. The number of carbonyl (C=O) groups is 3. The zero-order valence-corrected chi connectivity index (χ0v) is 15.9. The highest BCUT2D eigenvalue weighted by Crippen LogP contribution is 2.16. The average molecular weight is 391 g/mol. The van der Waals surface area contributed by atoms with Gasteiger partial charge in [-0.2, -0.15) is 0 Å². The fourth-order valence-electron chi connectivity index (χ4n) is 3.45. The second-order valence-corrected chi connectivity index (χ2v) is 7.09. The lowest BCUT2D eigenvalue weighted by atomic mass is 10.1. The molecule has 29 heavy (non-hydrogen) atoms. The first-order valence-electron chi connectivity index (χ1n) is 9.40. The van der Waals surface area contributed by atoms with Crippen molar-refractivity contribution in [3.05, 3.63) is 59.9 Å². The van der Waals surface area contributed by atoms with Crippen LogP contribution in [-0.4, -0.2) is 51.7 Å². The lowest BCUT2D eigenvalue weighted by Crippen LogP contribution is -2.38. The van der Waals surface area contributed by atoms with E-state index in [2.05, 4.69) is 20.6 Å². The Morgan fingerprint density at radius 3 is 2.72 bits per heavy atom. The first kappa shape index (κ1) is 18.7. The SMILES string of the molecule is CC(=O)N1CCC(NC(=O)c2cccc(NC(=O)c3ccc4nc[nH]c4c3)c2)C1. The van der Waals surface area contributed by atoms with Gasteiger partial charge in [-0.25, -0.2) is 4.98 Å². The largest absolute Gasteiger partial charge is 0.347 e. The first-order valence-corrected chi connectivity index (χ1v) is 9.40. The number of imidazole rings is 1. The Labute approximate surface area is 167 Å². The molecule has 1 unspecified atom stereocenters. The van der Waals surface area contributed by atoms with Gasteiger partial charge in [-0.05, 0) is 42.8 Å². The Kier molecular flexibility index (Phi) is 4.99. The maximum Gasteiger partial charge on any atom is 0.255 e. The maximum atomic E-state index is 12.6. The Morgan fingerprint density at radius 2 is 1.93 bits per heavy atom. The van der Waals surface area contributed by atoms with Gasteiger partial charge in [0.15, 0.2) is 0 Å². The number of fused-ring (bicyclic) bond motifs is 1. The summed E-state index contributed by atoms with van der Waals surface area (Å²) in [5, 5.41) is 5.77. The molecule has 3 aromatic rings. The zero-order chi connectivity index (χ0) is 20.4. The number of benzene rings is 2. The molecule has 1 fully saturated rings. The van der Waals surface area contributed by atoms with Crippen molar-refractivity contribution in [3.8, 4) is 0 Å². The van der Waals surface area contributed by atoms with Crippen LogP contribution in [0.5, 0.6) is 0 Å². The molecule has 4 rings (SSSR count). The van der Waals surface area contributed by atoms with Gasteiger partial charge in [0, 0.05) is 42.9 Å². The predicted molar refractivity (Wildman–Crippen MR) is 109 cm³/mol. The van der Waals surface area contributed by atoms with Gasteiger partial charge in [-0.3, -0.25) is 14.4 Å². The molecule has 0 aliphatic carbocycles. The fraction of sp³-hybridized carbons (Fsp3) is 0.238. The van der Waals surface area contributed by atoms with Gasteiger partial charge in [0.2, 0.25) is 5.91 Å². The summed E-state index contributed by atoms with van der Waals surface area (Å²) in [6.45, 7) is 2.70. The van der Waals surface area contributed by atoms with Crippen molar-refractivity contribution < 1.29 is 14.4 Å². The van der Waals surface area contributed by atoms with Gasteiger partial charge in [0.05, 0.1) is 17.4 Å². The molecular weight excluding hydrogens is 370 g/mol. The van der Waals surface area contributed by atoms with Crippen molar-refractivity contribution in [2.45, 2.75) is 19.4 Å². The molecule has 0 saturated carbocycles. The second kappa shape index (κ2) is 7.75. The summed E-state index contributed by atoms with van der Waals surface area (Å²) in [6.07, 6.45) is 2.31. The van der Waals surface area contributed by atoms with Crippen molar-refractivity contribution in [2.75, 3.05) is 18.4 Å². The van der Waals surface area contributed by atoms with E-state index in [4.69, 9.17) is 0 Å². The van der Waals surface area contributed by atoms with Gasteiger partial charge in [0.25, 0.3) is 11.8 Å². The van der Waals surface area contributed by atoms with Crippen LogP contribution in [0, 0.1) is 0 Å². The summed E-state index contributed by atoms with van der Waals surface area (Å²) < 4.78 is 0. The van der Waals surface area contributed by atoms with Crippen molar-refractivity contribution in [3.63, 3.8) is 0 Å². The highest BCUT2D eigenvalue weighted by Gasteiger charge is 2.25. The van der Waals surface area contributed by atoms with Crippen molar-refractivity contribution in [1.29, 1.82) is 0 Å². The van der Waals surface area contributed by atoms with E-state index in [1.54, 1.807) is 53.7 Å². The fourth-order valence-corrected chi connectivity index (χ4v) is 3.45. The summed E-state index contributed by atoms with van der Waals surface area (Å²) in [5.41, 5.74) is 3.04. The molecule has 2 aromatic carbocycles. The molecule has 1 atom stereocenters. The molecule has 148 valence electrons. The van der Waals surface area contributed by atoms with Gasteiger partial charge in [-0.1, -0.05) is 6.07 Å². The van der Waals surface area contributed by atoms with Crippen LogP contribution >= 0.6 is 0 Å². The van der Waals surface area contributed by atoms with E-state index < -0.39 is 0 Å². The van der Waals surface area contributed by atoms with Gasteiger partial charge in [0.1, 0.15) is 0 Å². The van der Waals surface area contributed by atoms with Crippen LogP contribution in [0.15, 0.2) is 48.8 Å². The summed E-state index contributed by atoms with van der Waals surface area (Å²) in [7, 11) is 0. The van der Waals surface area contributed by atoms with E-state index in [0.29, 0.717) is 29.9 Å². The highest BCUT2D eigenvalue weighted by atomic mass is 16.2. The minimum absolute atomic E-state index is 0.0137. The molecule has 0 bridgehead atoms. The van der Waals surface area contributed by atoms with Crippen LogP contribution in [0.4, 0.5) is 5.69 Å². The number of hydrogen-bond donors (Lipinski definition) is 3. The highest BCUT2D eigenvalue weighted by molar-refractivity contribution is 6.06. The number of anilines is 1. The third-order valence-corrected chi connectivity index (χ3v) is 5.03. The van der Waals surface area contributed by atoms with Gasteiger partial charge >= 0.3 is 0 Å². The minimum atomic E-state index is -0.271. The number of carbonyl (C=O) groups excluding carboxylic acids is 3. The molecule has 1 aliphatic rings. The van der Waals surface area contributed by atoms with E-state index in [9.17, 15) is 14.4 Å². The third kappa shape index (κ3) is 4.11. The van der Waals surface area contributed by atoms with Crippen LogP contribution in [0.2, 0.25) is 0 Å². The molecule has 0 radical (unpaired) electrons. The van der Waals surface area contributed by atoms with Crippen molar-refractivity contribution in [2.24, 2.45) is 0 Å². The number of H-pyrrole nitrogens is 1. The summed E-state index contributed by atoms with van der Waals surface area (Å²) >= 11 is 0. The van der Waals surface area contributed by atoms with Crippen LogP contribution in [-0.2, 0) is 4.79 Å². The molecule has 1 aromatic heterocycles. The number of likely N-dealkylation sites (tertiary alicyclic amines) is 1.